The Labute approximate surface area is 141 Å². The molecule has 0 spiro atoms. The Hall–Kier alpha value is -1.91. The molecule has 0 saturated heterocycles. The van der Waals surface area contributed by atoms with Gasteiger partial charge in [-0.05, 0) is 50.3 Å². The van der Waals surface area contributed by atoms with E-state index in [4.69, 9.17) is 4.74 Å². The molecule has 0 aliphatic heterocycles. The van der Waals surface area contributed by atoms with Gasteiger partial charge in [0.2, 0.25) is 5.91 Å². The van der Waals surface area contributed by atoms with Gasteiger partial charge < -0.3 is 10.1 Å². The van der Waals surface area contributed by atoms with Gasteiger partial charge in [0.15, 0.2) is 11.6 Å². The average Bonchev–Trinajstić information content (AvgIpc) is 2.54. The number of methoxy groups -OCH3 is 1. The second kappa shape index (κ2) is 6.91. The molecule has 0 aromatic heterocycles. The summed E-state index contributed by atoms with van der Waals surface area (Å²) in [5, 5.41) is 2.98. The summed E-state index contributed by atoms with van der Waals surface area (Å²) >= 11 is 0. The highest BCUT2D eigenvalue weighted by Crippen LogP contribution is 2.40. The van der Waals surface area contributed by atoms with E-state index in [1.807, 2.05) is 6.92 Å². The molecule has 24 heavy (non-hydrogen) atoms. The molecule has 3 atom stereocenters. The van der Waals surface area contributed by atoms with Gasteiger partial charge in [-0.2, -0.15) is 0 Å². The summed E-state index contributed by atoms with van der Waals surface area (Å²) in [5.74, 6) is 0.0935. The third-order valence-electron chi connectivity index (χ3n) is 5.45. The lowest BCUT2D eigenvalue weighted by atomic mass is 9.67. The third kappa shape index (κ3) is 3.30. The van der Waals surface area contributed by atoms with Gasteiger partial charge in [-0.15, -0.1) is 0 Å². The van der Waals surface area contributed by atoms with E-state index in [1.54, 1.807) is 12.1 Å². The molecular formula is C19H24FNO3. The number of ether oxygens (including phenoxy) is 1. The molecule has 1 aromatic rings. The second-order valence-electron chi connectivity index (χ2n) is 7.02. The number of amides is 1. The van der Waals surface area contributed by atoms with Crippen molar-refractivity contribution in [2.75, 3.05) is 7.11 Å². The van der Waals surface area contributed by atoms with Crippen LogP contribution in [-0.4, -0.2) is 18.8 Å². The van der Waals surface area contributed by atoms with Crippen LogP contribution in [0, 0.1) is 23.6 Å². The zero-order valence-electron chi connectivity index (χ0n) is 14.2. The van der Waals surface area contributed by atoms with E-state index in [9.17, 15) is 14.0 Å². The molecule has 4 nitrogen and oxygen atoms in total. The van der Waals surface area contributed by atoms with Gasteiger partial charge in [0.25, 0.3) is 0 Å². The van der Waals surface area contributed by atoms with Crippen LogP contribution in [0.25, 0.3) is 0 Å². The van der Waals surface area contributed by atoms with Crippen LogP contribution >= 0.6 is 0 Å². The van der Waals surface area contributed by atoms with Crippen LogP contribution in [-0.2, 0) is 9.59 Å². The largest absolute Gasteiger partial charge is 0.494 e. The van der Waals surface area contributed by atoms with E-state index in [-0.39, 0.29) is 35.5 Å². The highest BCUT2D eigenvalue weighted by Gasteiger charge is 2.41. The Bertz CT molecular complexity index is 629. The van der Waals surface area contributed by atoms with E-state index in [2.05, 4.69) is 5.32 Å². The van der Waals surface area contributed by atoms with Crippen LogP contribution in [0.1, 0.15) is 50.6 Å². The lowest BCUT2D eigenvalue weighted by molar-refractivity contribution is -0.137. The van der Waals surface area contributed by atoms with Gasteiger partial charge in [0, 0.05) is 17.8 Å². The van der Waals surface area contributed by atoms with Crippen molar-refractivity contribution in [3.05, 3.63) is 29.6 Å². The molecule has 2 aliphatic carbocycles. The minimum atomic E-state index is -0.436. The molecule has 5 heteroatoms. The van der Waals surface area contributed by atoms with Crippen LogP contribution < -0.4 is 10.1 Å². The predicted molar refractivity (Wildman–Crippen MR) is 88.1 cm³/mol. The number of halogens is 1. The monoisotopic (exact) mass is 333 g/mol. The molecule has 1 amide bonds. The fourth-order valence-electron chi connectivity index (χ4n) is 4.06. The van der Waals surface area contributed by atoms with Gasteiger partial charge in [0.05, 0.1) is 13.2 Å². The summed E-state index contributed by atoms with van der Waals surface area (Å²) < 4.78 is 18.7. The third-order valence-corrected chi connectivity index (χ3v) is 5.45. The first-order valence-corrected chi connectivity index (χ1v) is 8.67. The molecule has 2 aliphatic rings. The van der Waals surface area contributed by atoms with E-state index in [1.165, 1.54) is 13.2 Å². The van der Waals surface area contributed by atoms with Crippen molar-refractivity contribution in [1.29, 1.82) is 0 Å². The molecule has 0 heterocycles. The second-order valence-corrected chi connectivity index (χ2v) is 7.02. The van der Waals surface area contributed by atoms with Crippen LogP contribution in [0.2, 0.25) is 0 Å². The Balaban J connectivity index is 1.64. The molecule has 1 N–H and O–H groups in total. The number of hydrogen-bond acceptors (Lipinski definition) is 3. The van der Waals surface area contributed by atoms with Gasteiger partial charge >= 0.3 is 0 Å². The Morgan fingerprint density at radius 1 is 1.29 bits per heavy atom. The van der Waals surface area contributed by atoms with Crippen molar-refractivity contribution in [2.45, 2.75) is 45.1 Å². The highest BCUT2D eigenvalue weighted by molar-refractivity contribution is 5.88. The average molecular weight is 333 g/mol. The van der Waals surface area contributed by atoms with Crippen LogP contribution in [0.5, 0.6) is 5.75 Å². The molecule has 0 radical (unpaired) electrons. The zero-order valence-corrected chi connectivity index (χ0v) is 14.2. The maximum atomic E-state index is 13.8. The fraction of sp³-hybridized carbons (Fsp3) is 0.579. The molecule has 130 valence electrons. The standard InChI is InChI=1S/C19H24FNO3/c1-11(12-6-7-17(24-2)16(20)10-12)21-19(23)15-8-13-4-3-5-14(9-15)18(13)22/h6-7,10-11,13-15H,3-5,8-9H2,1-2H3,(H,21,23). The molecule has 3 rings (SSSR count). The number of fused-ring (bicyclic) bond motifs is 2. The summed E-state index contributed by atoms with van der Waals surface area (Å²) in [5.41, 5.74) is 0.703. The van der Waals surface area contributed by atoms with Crippen molar-refractivity contribution in [1.82, 2.24) is 5.32 Å². The molecule has 1 aromatic carbocycles. The number of carbonyl (C=O) groups is 2. The van der Waals surface area contributed by atoms with Crippen molar-refractivity contribution in [3.63, 3.8) is 0 Å². The van der Waals surface area contributed by atoms with E-state index in [0.29, 0.717) is 24.2 Å². The molecule has 2 fully saturated rings. The van der Waals surface area contributed by atoms with Crippen molar-refractivity contribution >= 4 is 11.7 Å². The first-order chi connectivity index (χ1) is 11.5. The van der Waals surface area contributed by atoms with Crippen molar-refractivity contribution in [2.24, 2.45) is 17.8 Å². The van der Waals surface area contributed by atoms with E-state index in [0.717, 1.165) is 19.3 Å². The Kier molecular flexibility index (Phi) is 4.88. The quantitative estimate of drug-likeness (QED) is 0.919. The lowest BCUT2D eigenvalue weighted by Gasteiger charge is -2.37. The molecule has 2 bridgehead atoms. The van der Waals surface area contributed by atoms with Gasteiger partial charge in [-0.1, -0.05) is 12.5 Å². The number of hydrogen-bond donors (Lipinski definition) is 1. The van der Waals surface area contributed by atoms with Crippen LogP contribution in [0.3, 0.4) is 0 Å². The lowest BCUT2D eigenvalue weighted by Crippen LogP contribution is -2.43. The summed E-state index contributed by atoms with van der Waals surface area (Å²) in [7, 11) is 1.42. The normalized spacial score (nSPS) is 27.5. The SMILES string of the molecule is COc1ccc(C(C)NC(=O)C2CC3CCCC(C2)C3=O)cc1F. The number of Topliss-reactive ketones (excluding diaryl/α,β-unsaturated/α-hetero) is 1. The summed E-state index contributed by atoms with van der Waals surface area (Å²) in [6.45, 7) is 1.84. The number of carbonyl (C=O) groups excluding carboxylic acids is 2. The number of ketones is 1. The fourth-order valence-corrected chi connectivity index (χ4v) is 4.06. The zero-order chi connectivity index (χ0) is 17.3. The van der Waals surface area contributed by atoms with Crippen molar-refractivity contribution in [3.8, 4) is 5.75 Å². The maximum absolute atomic E-state index is 13.8. The van der Waals surface area contributed by atoms with E-state index >= 15 is 0 Å². The Morgan fingerprint density at radius 2 is 1.96 bits per heavy atom. The maximum Gasteiger partial charge on any atom is 0.223 e. The molecular weight excluding hydrogens is 309 g/mol. The topological polar surface area (TPSA) is 55.4 Å². The first-order valence-electron chi connectivity index (χ1n) is 8.67. The highest BCUT2D eigenvalue weighted by atomic mass is 19.1. The minimum Gasteiger partial charge on any atom is -0.494 e. The number of benzene rings is 1. The van der Waals surface area contributed by atoms with Crippen molar-refractivity contribution < 1.29 is 18.7 Å². The Morgan fingerprint density at radius 3 is 2.54 bits per heavy atom. The van der Waals surface area contributed by atoms with Gasteiger partial charge in [-0.25, -0.2) is 4.39 Å². The summed E-state index contributed by atoms with van der Waals surface area (Å²) in [6, 6.07) is 4.43. The minimum absolute atomic E-state index is 0.0249. The first kappa shape index (κ1) is 16.9. The summed E-state index contributed by atoms with van der Waals surface area (Å²) in [4.78, 5) is 24.7. The van der Waals surface area contributed by atoms with Crippen LogP contribution in [0.4, 0.5) is 4.39 Å². The van der Waals surface area contributed by atoms with Crippen LogP contribution in [0.15, 0.2) is 18.2 Å². The number of rotatable bonds is 4. The van der Waals surface area contributed by atoms with E-state index < -0.39 is 5.82 Å². The summed E-state index contributed by atoms with van der Waals surface area (Å²) in [6.07, 6.45) is 4.24. The predicted octanol–water partition coefficient (Wildman–Crippen LogP) is 3.41. The smallest absolute Gasteiger partial charge is 0.223 e. The molecule has 2 saturated carbocycles. The number of nitrogens with one attached hydrogen (secondary N) is 1. The van der Waals surface area contributed by atoms with Gasteiger partial charge in [-0.3, -0.25) is 9.59 Å². The van der Waals surface area contributed by atoms with Gasteiger partial charge in [0.1, 0.15) is 5.78 Å². The molecule has 3 unspecified atom stereocenters.